The van der Waals surface area contributed by atoms with E-state index in [1.807, 2.05) is 30.3 Å². The van der Waals surface area contributed by atoms with Gasteiger partial charge in [-0.2, -0.15) is 0 Å². The zero-order chi connectivity index (χ0) is 22.9. The number of ether oxygens (including phenoxy) is 2. The summed E-state index contributed by atoms with van der Waals surface area (Å²) in [5.41, 5.74) is 0.583. The van der Waals surface area contributed by atoms with Crippen LogP contribution in [0.25, 0.3) is 10.8 Å². The summed E-state index contributed by atoms with van der Waals surface area (Å²) in [5, 5.41) is 1.57. The highest BCUT2D eigenvalue weighted by atomic mass is 79.9. The van der Waals surface area contributed by atoms with Gasteiger partial charge in [-0.1, -0.05) is 40.2 Å². The second-order valence-electron chi connectivity index (χ2n) is 7.32. The number of halogens is 1. The molecular weight excluding hydrogens is 514 g/mol. The normalized spacial score (nSPS) is 13.7. The Morgan fingerprint density at radius 3 is 2.34 bits per heavy atom. The number of carbonyl (C=O) groups excluding carboxylic acids is 1. The summed E-state index contributed by atoms with van der Waals surface area (Å²) in [6.45, 7) is 0. The molecule has 0 N–H and O–H groups in total. The van der Waals surface area contributed by atoms with Crippen LogP contribution in [0.3, 0.4) is 0 Å². The molecule has 3 aromatic rings. The van der Waals surface area contributed by atoms with Crippen molar-refractivity contribution in [2.24, 2.45) is 0 Å². The Kier molecular flexibility index (Phi) is 6.69. The summed E-state index contributed by atoms with van der Waals surface area (Å²) in [7, 11) is -0.891. The highest BCUT2D eigenvalue weighted by molar-refractivity contribution is 9.10. The maximum Gasteiger partial charge on any atom is 0.315 e. The van der Waals surface area contributed by atoms with Crippen LogP contribution in [-0.4, -0.2) is 40.4 Å². The van der Waals surface area contributed by atoms with Crippen LogP contribution in [0.4, 0.5) is 5.69 Å². The summed E-state index contributed by atoms with van der Waals surface area (Å²) >= 11 is 4.63. The van der Waals surface area contributed by atoms with E-state index in [9.17, 15) is 13.2 Å². The zero-order valence-electron chi connectivity index (χ0n) is 17.6. The molecule has 0 bridgehead atoms. The molecule has 0 atom stereocenters. The van der Waals surface area contributed by atoms with Crippen molar-refractivity contribution in [3.63, 3.8) is 0 Å². The largest absolute Gasteiger partial charge is 0.495 e. The first-order valence-electron chi connectivity index (χ1n) is 9.96. The fourth-order valence-electron chi connectivity index (χ4n) is 3.55. The van der Waals surface area contributed by atoms with E-state index in [0.717, 1.165) is 28.1 Å². The van der Waals surface area contributed by atoms with Gasteiger partial charge in [-0.3, -0.25) is 9.10 Å². The molecule has 0 unspecified atom stereocenters. The Morgan fingerprint density at radius 2 is 1.75 bits per heavy atom. The molecule has 4 rings (SSSR count). The van der Waals surface area contributed by atoms with Crippen molar-refractivity contribution in [1.82, 2.24) is 0 Å². The number of thioether (sulfide) groups is 1. The average Bonchev–Trinajstić information content (AvgIpc) is 3.62. The van der Waals surface area contributed by atoms with E-state index < -0.39 is 10.0 Å². The van der Waals surface area contributed by atoms with Crippen LogP contribution in [-0.2, 0) is 19.6 Å². The lowest BCUT2D eigenvalue weighted by molar-refractivity contribution is -0.137. The summed E-state index contributed by atoms with van der Waals surface area (Å²) < 4.78 is 40.3. The van der Waals surface area contributed by atoms with E-state index in [-0.39, 0.29) is 22.7 Å². The standard InChI is InChI=1S/C23H22BrNO5S2/c1-29-22(26)14-31-21-13-20(18-5-3-4-6-19(18)23(21)30-2)25(16-9-10-16)32(27,28)17-11-7-15(24)8-12-17/h3-8,11-13,16H,9-10,14H2,1-2H3. The van der Waals surface area contributed by atoms with Gasteiger partial charge in [0.2, 0.25) is 0 Å². The average molecular weight is 536 g/mol. The molecule has 0 radical (unpaired) electrons. The van der Waals surface area contributed by atoms with Crippen LogP contribution in [0.2, 0.25) is 0 Å². The van der Waals surface area contributed by atoms with Gasteiger partial charge >= 0.3 is 5.97 Å². The smallest absolute Gasteiger partial charge is 0.315 e. The molecule has 0 aromatic heterocycles. The van der Waals surface area contributed by atoms with E-state index in [0.29, 0.717) is 16.3 Å². The summed E-state index contributed by atoms with van der Waals surface area (Å²) in [6, 6.07) is 15.9. The van der Waals surface area contributed by atoms with E-state index in [4.69, 9.17) is 9.47 Å². The molecule has 0 amide bonds. The van der Waals surface area contributed by atoms with Crippen molar-refractivity contribution < 1.29 is 22.7 Å². The van der Waals surface area contributed by atoms with Crippen molar-refractivity contribution in [1.29, 1.82) is 0 Å². The predicted octanol–water partition coefficient (Wildman–Crippen LogP) is 5.23. The SMILES string of the molecule is COC(=O)CSc1cc(N(C2CC2)S(=O)(=O)c2ccc(Br)cc2)c2ccccc2c1OC. The van der Waals surface area contributed by atoms with Gasteiger partial charge in [-0.05, 0) is 43.2 Å². The third kappa shape index (κ3) is 4.46. The fraction of sp³-hybridized carbons (Fsp3) is 0.261. The van der Waals surface area contributed by atoms with Gasteiger partial charge in [0.15, 0.2) is 0 Å². The number of benzene rings is 3. The maximum atomic E-state index is 13.7. The number of sulfonamides is 1. The van der Waals surface area contributed by atoms with Crippen molar-refractivity contribution in [3.8, 4) is 5.75 Å². The van der Waals surface area contributed by atoms with Gasteiger partial charge in [0.1, 0.15) is 5.75 Å². The highest BCUT2D eigenvalue weighted by Gasteiger charge is 2.39. The number of hydrogen-bond donors (Lipinski definition) is 0. The molecule has 1 fully saturated rings. The third-order valence-corrected chi connectivity index (χ3v) is 8.61. The van der Waals surface area contributed by atoms with E-state index in [2.05, 4.69) is 15.9 Å². The monoisotopic (exact) mass is 535 g/mol. The molecule has 9 heteroatoms. The number of methoxy groups -OCH3 is 2. The van der Waals surface area contributed by atoms with Gasteiger partial charge in [-0.15, -0.1) is 11.8 Å². The van der Waals surface area contributed by atoms with Crippen LogP contribution in [0.1, 0.15) is 12.8 Å². The van der Waals surface area contributed by atoms with E-state index in [1.165, 1.54) is 23.2 Å². The van der Waals surface area contributed by atoms with E-state index in [1.54, 1.807) is 31.4 Å². The number of anilines is 1. The van der Waals surface area contributed by atoms with Crippen LogP contribution >= 0.6 is 27.7 Å². The van der Waals surface area contributed by atoms with Crippen LogP contribution in [0.5, 0.6) is 5.75 Å². The molecule has 0 aliphatic heterocycles. The Bertz CT molecular complexity index is 1260. The van der Waals surface area contributed by atoms with Crippen LogP contribution < -0.4 is 9.04 Å². The molecular formula is C23H22BrNO5S2. The first kappa shape index (κ1) is 22.9. The third-order valence-electron chi connectivity index (χ3n) is 5.20. The van der Waals surface area contributed by atoms with Crippen LogP contribution in [0.15, 0.2) is 68.9 Å². The van der Waals surface area contributed by atoms with Crippen molar-refractivity contribution in [2.75, 3.05) is 24.3 Å². The number of fused-ring (bicyclic) bond motifs is 1. The lowest BCUT2D eigenvalue weighted by atomic mass is 10.1. The first-order valence-corrected chi connectivity index (χ1v) is 13.2. The second kappa shape index (κ2) is 9.33. The second-order valence-corrected chi connectivity index (χ2v) is 11.1. The molecule has 3 aromatic carbocycles. The summed E-state index contributed by atoms with van der Waals surface area (Å²) in [4.78, 5) is 12.7. The minimum absolute atomic E-state index is 0.0908. The topological polar surface area (TPSA) is 72.9 Å². The molecule has 0 saturated heterocycles. The number of hydrogen-bond acceptors (Lipinski definition) is 6. The molecule has 0 spiro atoms. The minimum Gasteiger partial charge on any atom is -0.495 e. The Labute approximate surface area is 200 Å². The molecule has 1 aliphatic rings. The highest BCUT2D eigenvalue weighted by Crippen LogP contribution is 2.46. The number of nitrogens with zero attached hydrogens (tertiary/aromatic N) is 1. The van der Waals surface area contributed by atoms with Gasteiger partial charge in [0, 0.05) is 21.3 Å². The molecule has 0 heterocycles. The lowest BCUT2D eigenvalue weighted by Crippen LogP contribution is -2.33. The summed E-state index contributed by atoms with van der Waals surface area (Å²) in [6.07, 6.45) is 1.58. The fourth-order valence-corrected chi connectivity index (χ4v) is 6.45. The van der Waals surface area contributed by atoms with Gasteiger partial charge in [0.25, 0.3) is 10.0 Å². The molecule has 32 heavy (non-hydrogen) atoms. The number of carbonyl (C=O) groups is 1. The van der Waals surface area contributed by atoms with Gasteiger partial charge < -0.3 is 9.47 Å². The molecule has 6 nitrogen and oxygen atoms in total. The van der Waals surface area contributed by atoms with Crippen LogP contribution in [0, 0.1) is 0 Å². The lowest BCUT2D eigenvalue weighted by Gasteiger charge is -2.27. The zero-order valence-corrected chi connectivity index (χ0v) is 20.8. The Balaban J connectivity index is 1.91. The maximum absolute atomic E-state index is 13.7. The Hall–Kier alpha value is -2.23. The Morgan fingerprint density at radius 1 is 1.09 bits per heavy atom. The van der Waals surface area contributed by atoms with E-state index >= 15 is 0 Å². The number of esters is 1. The van der Waals surface area contributed by atoms with Crippen molar-refractivity contribution in [2.45, 2.75) is 28.7 Å². The van der Waals surface area contributed by atoms with Crippen molar-refractivity contribution in [3.05, 3.63) is 59.1 Å². The van der Waals surface area contributed by atoms with Gasteiger partial charge in [-0.25, -0.2) is 8.42 Å². The predicted molar refractivity (Wildman–Crippen MR) is 130 cm³/mol. The van der Waals surface area contributed by atoms with Crippen molar-refractivity contribution >= 4 is 60.1 Å². The summed E-state index contributed by atoms with van der Waals surface area (Å²) in [5.74, 6) is 0.330. The first-order chi connectivity index (χ1) is 15.4. The molecule has 1 saturated carbocycles. The molecule has 168 valence electrons. The minimum atomic E-state index is -3.80. The number of rotatable bonds is 8. The molecule has 1 aliphatic carbocycles. The quantitative estimate of drug-likeness (QED) is 0.290. The van der Waals surface area contributed by atoms with Gasteiger partial charge in [0.05, 0.1) is 35.5 Å².